The van der Waals surface area contributed by atoms with Crippen LogP contribution in [0.5, 0.6) is 0 Å². The Morgan fingerprint density at radius 1 is 1.44 bits per heavy atom. The summed E-state index contributed by atoms with van der Waals surface area (Å²) in [5.74, 6) is 4.09. The lowest BCUT2D eigenvalue weighted by molar-refractivity contribution is 0.925. The number of nitrogens with zero attached hydrogens (tertiary/aromatic N) is 2. The zero-order valence-electron chi connectivity index (χ0n) is 9.37. The zero-order chi connectivity index (χ0) is 11.5. The van der Waals surface area contributed by atoms with Crippen molar-refractivity contribution in [3.05, 3.63) is 16.0 Å². The lowest BCUT2D eigenvalue weighted by atomic mass is 10.3. The third kappa shape index (κ3) is 2.88. The standard InChI is InChI=1S/C11H16BrN3S/c1-2-5-16-6-8-14-10(7-3-4-7)9(12)11(13)15-8/h7H,2-6H2,1H3,(H2,13,14,15). The van der Waals surface area contributed by atoms with Crippen LogP contribution in [0.3, 0.4) is 0 Å². The highest BCUT2D eigenvalue weighted by atomic mass is 79.9. The molecule has 0 amide bonds. The molecule has 1 fully saturated rings. The average molecular weight is 302 g/mol. The second-order valence-electron chi connectivity index (χ2n) is 4.05. The van der Waals surface area contributed by atoms with Crippen LogP contribution in [0.15, 0.2) is 4.47 Å². The lowest BCUT2D eigenvalue weighted by Crippen LogP contribution is -2.04. The van der Waals surface area contributed by atoms with Gasteiger partial charge in [0.05, 0.1) is 15.9 Å². The van der Waals surface area contributed by atoms with Gasteiger partial charge in [-0.2, -0.15) is 11.8 Å². The molecule has 5 heteroatoms. The van der Waals surface area contributed by atoms with Crippen LogP contribution in [-0.4, -0.2) is 15.7 Å². The van der Waals surface area contributed by atoms with Crippen molar-refractivity contribution >= 4 is 33.5 Å². The molecule has 1 aromatic heterocycles. The van der Waals surface area contributed by atoms with E-state index in [2.05, 4.69) is 32.8 Å². The summed E-state index contributed by atoms with van der Waals surface area (Å²) in [5.41, 5.74) is 6.99. The molecule has 1 aliphatic carbocycles. The Morgan fingerprint density at radius 2 is 2.19 bits per heavy atom. The van der Waals surface area contributed by atoms with Gasteiger partial charge in [0.15, 0.2) is 0 Å². The molecule has 0 bridgehead atoms. The van der Waals surface area contributed by atoms with Crippen LogP contribution in [0.1, 0.15) is 43.6 Å². The summed E-state index contributed by atoms with van der Waals surface area (Å²) in [6, 6.07) is 0. The normalized spacial score (nSPS) is 15.4. The van der Waals surface area contributed by atoms with E-state index in [0.717, 1.165) is 27.5 Å². The molecule has 2 N–H and O–H groups in total. The predicted molar refractivity (Wildman–Crippen MR) is 72.6 cm³/mol. The Balaban J connectivity index is 2.13. The van der Waals surface area contributed by atoms with Gasteiger partial charge in [0.1, 0.15) is 11.6 Å². The topological polar surface area (TPSA) is 51.8 Å². The van der Waals surface area contributed by atoms with Gasteiger partial charge in [-0.15, -0.1) is 0 Å². The van der Waals surface area contributed by atoms with Gasteiger partial charge in [-0.05, 0) is 40.9 Å². The molecule has 0 atom stereocenters. The van der Waals surface area contributed by atoms with Crippen LogP contribution in [0.4, 0.5) is 5.82 Å². The number of halogens is 1. The Kier molecular flexibility index (Phi) is 4.08. The minimum Gasteiger partial charge on any atom is -0.383 e. The molecule has 1 aliphatic rings. The van der Waals surface area contributed by atoms with E-state index in [4.69, 9.17) is 5.73 Å². The van der Waals surface area contributed by atoms with Gasteiger partial charge in [0, 0.05) is 5.92 Å². The minimum atomic E-state index is 0.587. The molecule has 1 aromatic rings. The number of aromatic nitrogens is 2. The predicted octanol–water partition coefficient (Wildman–Crippen LogP) is 3.34. The number of thioether (sulfide) groups is 1. The fraction of sp³-hybridized carbons (Fsp3) is 0.636. The number of rotatable bonds is 5. The average Bonchev–Trinajstić information content (AvgIpc) is 3.07. The number of hydrogen-bond donors (Lipinski definition) is 1. The third-order valence-electron chi connectivity index (χ3n) is 2.49. The second kappa shape index (κ2) is 5.36. The van der Waals surface area contributed by atoms with Crippen molar-refractivity contribution in [3.63, 3.8) is 0 Å². The van der Waals surface area contributed by atoms with E-state index in [1.807, 2.05) is 11.8 Å². The van der Waals surface area contributed by atoms with Crippen molar-refractivity contribution in [3.8, 4) is 0 Å². The molecule has 0 aliphatic heterocycles. The largest absolute Gasteiger partial charge is 0.383 e. The smallest absolute Gasteiger partial charge is 0.141 e. The van der Waals surface area contributed by atoms with Gasteiger partial charge in [-0.25, -0.2) is 9.97 Å². The summed E-state index contributed by atoms with van der Waals surface area (Å²) in [5, 5.41) is 0. The van der Waals surface area contributed by atoms with Crippen LogP contribution in [0, 0.1) is 0 Å². The monoisotopic (exact) mass is 301 g/mol. The van der Waals surface area contributed by atoms with Gasteiger partial charge in [0.2, 0.25) is 0 Å². The maximum absolute atomic E-state index is 5.88. The van der Waals surface area contributed by atoms with Crippen molar-refractivity contribution in [1.29, 1.82) is 0 Å². The molecule has 3 nitrogen and oxygen atoms in total. The molecule has 0 radical (unpaired) electrons. The number of anilines is 1. The van der Waals surface area contributed by atoms with Crippen molar-refractivity contribution in [2.24, 2.45) is 0 Å². The SMILES string of the molecule is CCCSCc1nc(N)c(Br)c(C2CC2)n1. The van der Waals surface area contributed by atoms with Gasteiger partial charge >= 0.3 is 0 Å². The summed E-state index contributed by atoms with van der Waals surface area (Å²) >= 11 is 5.35. The molecule has 0 spiro atoms. The van der Waals surface area contributed by atoms with Gasteiger partial charge in [0.25, 0.3) is 0 Å². The third-order valence-corrected chi connectivity index (χ3v) is 4.46. The lowest BCUT2D eigenvalue weighted by Gasteiger charge is -2.07. The molecule has 0 saturated heterocycles. The Labute approximate surface area is 109 Å². The molecule has 1 heterocycles. The number of hydrogen-bond acceptors (Lipinski definition) is 4. The van der Waals surface area contributed by atoms with Crippen LogP contribution in [-0.2, 0) is 5.75 Å². The second-order valence-corrected chi connectivity index (χ2v) is 5.95. The molecule has 16 heavy (non-hydrogen) atoms. The maximum Gasteiger partial charge on any atom is 0.141 e. The molecule has 2 rings (SSSR count). The highest BCUT2D eigenvalue weighted by Crippen LogP contribution is 2.43. The fourth-order valence-electron chi connectivity index (χ4n) is 1.53. The molecule has 1 saturated carbocycles. The van der Waals surface area contributed by atoms with E-state index >= 15 is 0 Å². The summed E-state index contributed by atoms with van der Waals surface area (Å²) in [4.78, 5) is 8.92. The first kappa shape index (κ1) is 12.2. The van der Waals surface area contributed by atoms with Crippen molar-refractivity contribution in [2.75, 3.05) is 11.5 Å². The minimum absolute atomic E-state index is 0.587. The summed E-state index contributed by atoms with van der Waals surface area (Å²) in [6.07, 6.45) is 3.65. The van der Waals surface area contributed by atoms with E-state index < -0.39 is 0 Å². The van der Waals surface area contributed by atoms with Crippen LogP contribution >= 0.6 is 27.7 Å². The fourth-order valence-corrected chi connectivity index (χ4v) is 2.78. The van der Waals surface area contributed by atoms with Crippen molar-refractivity contribution in [1.82, 2.24) is 9.97 Å². The van der Waals surface area contributed by atoms with Gasteiger partial charge in [-0.1, -0.05) is 6.92 Å². The maximum atomic E-state index is 5.88. The molecular weight excluding hydrogens is 286 g/mol. The molecule has 0 unspecified atom stereocenters. The summed E-state index contributed by atoms with van der Waals surface area (Å²) < 4.78 is 0.902. The van der Waals surface area contributed by atoms with E-state index in [0.29, 0.717) is 11.7 Å². The quantitative estimate of drug-likeness (QED) is 0.848. The van der Waals surface area contributed by atoms with E-state index in [1.165, 1.54) is 19.3 Å². The summed E-state index contributed by atoms with van der Waals surface area (Å²) in [6.45, 7) is 2.18. The van der Waals surface area contributed by atoms with Gasteiger partial charge < -0.3 is 5.73 Å². The molecule has 0 aromatic carbocycles. The van der Waals surface area contributed by atoms with Crippen LogP contribution < -0.4 is 5.73 Å². The molecular formula is C11H16BrN3S. The Hall–Kier alpha value is -0.290. The highest BCUT2D eigenvalue weighted by Gasteiger charge is 2.28. The van der Waals surface area contributed by atoms with E-state index in [1.54, 1.807) is 0 Å². The van der Waals surface area contributed by atoms with Gasteiger partial charge in [-0.3, -0.25) is 0 Å². The van der Waals surface area contributed by atoms with Crippen molar-refractivity contribution in [2.45, 2.75) is 37.9 Å². The zero-order valence-corrected chi connectivity index (χ0v) is 11.8. The van der Waals surface area contributed by atoms with E-state index in [-0.39, 0.29) is 0 Å². The highest BCUT2D eigenvalue weighted by molar-refractivity contribution is 9.10. The molecule has 88 valence electrons. The summed E-state index contributed by atoms with van der Waals surface area (Å²) in [7, 11) is 0. The Morgan fingerprint density at radius 3 is 2.81 bits per heavy atom. The Bertz CT molecular complexity index is 380. The van der Waals surface area contributed by atoms with Crippen LogP contribution in [0.2, 0.25) is 0 Å². The van der Waals surface area contributed by atoms with E-state index in [9.17, 15) is 0 Å². The number of nitrogens with two attached hydrogens (primary N) is 1. The van der Waals surface area contributed by atoms with Crippen molar-refractivity contribution < 1.29 is 0 Å². The van der Waals surface area contributed by atoms with Crippen LogP contribution in [0.25, 0.3) is 0 Å². The first-order valence-corrected chi connectivity index (χ1v) is 7.56. The first-order valence-electron chi connectivity index (χ1n) is 5.62. The number of nitrogen functional groups attached to an aromatic ring is 1. The first-order chi connectivity index (χ1) is 7.72.